The number of nitrogens with one attached hydrogen (secondary N) is 2. The molecule has 0 amide bonds. The first-order valence-corrected chi connectivity index (χ1v) is 6.66. The maximum Gasteiger partial charge on any atom is 0.228 e. The molecule has 18 heavy (non-hydrogen) atoms. The van der Waals surface area contributed by atoms with Gasteiger partial charge >= 0.3 is 0 Å². The molecule has 1 atom stereocenters. The summed E-state index contributed by atoms with van der Waals surface area (Å²) >= 11 is 5.85. The van der Waals surface area contributed by atoms with Gasteiger partial charge in [-0.25, -0.2) is 0 Å². The van der Waals surface area contributed by atoms with Gasteiger partial charge in [-0.1, -0.05) is 6.92 Å². The topological polar surface area (TPSA) is 72.0 Å². The number of hydrogen-bond donors (Lipinski definition) is 2. The van der Waals surface area contributed by atoms with Gasteiger partial charge in [-0.05, 0) is 30.9 Å². The van der Waals surface area contributed by atoms with Gasteiger partial charge < -0.3 is 15.4 Å². The molecule has 1 aromatic rings. The van der Waals surface area contributed by atoms with Crippen molar-refractivity contribution in [2.45, 2.75) is 32.3 Å². The van der Waals surface area contributed by atoms with Crippen molar-refractivity contribution < 1.29 is 4.74 Å². The molecule has 1 aliphatic rings. The zero-order valence-electron chi connectivity index (χ0n) is 10.4. The predicted molar refractivity (Wildman–Crippen MR) is 71.1 cm³/mol. The molecule has 0 saturated carbocycles. The van der Waals surface area contributed by atoms with E-state index in [1.165, 1.54) is 0 Å². The highest BCUT2D eigenvalue weighted by Gasteiger charge is 2.15. The Balaban J connectivity index is 1.91. The molecule has 0 aliphatic carbocycles. The van der Waals surface area contributed by atoms with E-state index in [4.69, 9.17) is 16.3 Å². The van der Waals surface area contributed by atoms with Crippen LogP contribution in [0, 0.1) is 0 Å². The van der Waals surface area contributed by atoms with Crippen LogP contribution in [0.15, 0.2) is 0 Å². The minimum absolute atomic E-state index is 0.193. The van der Waals surface area contributed by atoms with E-state index in [1.54, 1.807) is 0 Å². The van der Waals surface area contributed by atoms with E-state index in [9.17, 15) is 0 Å². The van der Waals surface area contributed by atoms with Crippen LogP contribution in [0.3, 0.4) is 0 Å². The normalized spacial score (nSPS) is 18.9. The van der Waals surface area contributed by atoms with Gasteiger partial charge in [0.15, 0.2) is 0 Å². The Kier molecular flexibility index (Phi) is 4.95. The second-order valence-corrected chi connectivity index (χ2v) is 4.53. The molecule has 2 heterocycles. The Labute approximate surface area is 112 Å². The molecular formula is C11H18ClN5O. The van der Waals surface area contributed by atoms with E-state index in [2.05, 4.69) is 32.5 Å². The first-order chi connectivity index (χ1) is 8.78. The van der Waals surface area contributed by atoms with Gasteiger partial charge in [0.1, 0.15) is 0 Å². The fourth-order valence-corrected chi connectivity index (χ4v) is 1.92. The van der Waals surface area contributed by atoms with E-state index < -0.39 is 0 Å². The van der Waals surface area contributed by atoms with E-state index in [1.807, 2.05) is 0 Å². The van der Waals surface area contributed by atoms with Crippen molar-refractivity contribution in [1.82, 2.24) is 15.0 Å². The van der Waals surface area contributed by atoms with Gasteiger partial charge in [0, 0.05) is 19.7 Å². The van der Waals surface area contributed by atoms with E-state index >= 15 is 0 Å². The van der Waals surface area contributed by atoms with Crippen molar-refractivity contribution in [1.29, 1.82) is 0 Å². The molecule has 1 aromatic heterocycles. The summed E-state index contributed by atoms with van der Waals surface area (Å²) in [6, 6.07) is 0. The van der Waals surface area contributed by atoms with E-state index in [0.29, 0.717) is 18.4 Å². The van der Waals surface area contributed by atoms with Crippen LogP contribution in [0.25, 0.3) is 0 Å². The van der Waals surface area contributed by atoms with Crippen molar-refractivity contribution in [3.05, 3.63) is 5.28 Å². The van der Waals surface area contributed by atoms with Crippen molar-refractivity contribution in [3.63, 3.8) is 0 Å². The molecule has 2 rings (SSSR count). The number of anilines is 2. The molecule has 2 N–H and O–H groups in total. The lowest BCUT2D eigenvalue weighted by atomic mass is 10.2. The average molecular weight is 272 g/mol. The summed E-state index contributed by atoms with van der Waals surface area (Å²) in [7, 11) is 0. The van der Waals surface area contributed by atoms with E-state index in [-0.39, 0.29) is 11.4 Å². The number of nitrogens with zero attached hydrogens (tertiary/aromatic N) is 3. The second kappa shape index (κ2) is 6.70. The van der Waals surface area contributed by atoms with Gasteiger partial charge in [-0.15, -0.1) is 0 Å². The summed E-state index contributed by atoms with van der Waals surface area (Å²) < 4.78 is 5.52. The van der Waals surface area contributed by atoms with Crippen LogP contribution in [0.4, 0.5) is 11.9 Å². The molecule has 1 aliphatic heterocycles. The predicted octanol–water partition coefficient (Wildman–Crippen LogP) is 1.94. The molecule has 0 spiro atoms. The van der Waals surface area contributed by atoms with Gasteiger partial charge in [-0.3, -0.25) is 0 Å². The van der Waals surface area contributed by atoms with Crippen LogP contribution < -0.4 is 10.6 Å². The Bertz CT molecular complexity index is 384. The SMILES string of the molecule is CCCNc1nc(Cl)nc(NCC2CCCO2)n1. The van der Waals surface area contributed by atoms with Crippen LogP contribution >= 0.6 is 11.6 Å². The summed E-state index contributed by atoms with van der Waals surface area (Å²) in [5.41, 5.74) is 0. The highest BCUT2D eigenvalue weighted by atomic mass is 35.5. The Hall–Kier alpha value is -1.14. The van der Waals surface area contributed by atoms with Crippen molar-refractivity contribution >= 4 is 23.5 Å². The van der Waals surface area contributed by atoms with Crippen LogP contribution in [0.1, 0.15) is 26.2 Å². The lowest BCUT2D eigenvalue weighted by Gasteiger charge is -2.11. The molecule has 7 heteroatoms. The number of ether oxygens (including phenoxy) is 1. The second-order valence-electron chi connectivity index (χ2n) is 4.19. The fraction of sp³-hybridized carbons (Fsp3) is 0.727. The first-order valence-electron chi connectivity index (χ1n) is 6.29. The molecule has 0 radical (unpaired) electrons. The molecule has 6 nitrogen and oxygen atoms in total. The monoisotopic (exact) mass is 271 g/mol. The summed E-state index contributed by atoms with van der Waals surface area (Å²) in [5.74, 6) is 0.996. The Morgan fingerprint density at radius 3 is 2.72 bits per heavy atom. The minimum Gasteiger partial charge on any atom is -0.376 e. The minimum atomic E-state index is 0.193. The van der Waals surface area contributed by atoms with Gasteiger partial charge in [0.25, 0.3) is 0 Å². The summed E-state index contributed by atoms with van der Waals surface area (Å²) in [4.78, 5) is 12.3. The summed E-state index contributed by atoms with van der Waals surface area (Å²) in [6.45, 7) is 4.43. The lowest BCUT2D eigenvalue weighted by molar-refractivity contribution is 0.120. The largest absolute Gasteiger partial charge is 0.376 e. The van der Waals surface area contributed by atoms with Crippen LogP contribution in [-0.2, 0) is 4.74 Å². The fourth-order valence-electron chi connectivity index (χ4n) is 1.76. The zero-order valence-corrected chi connectivity index (χ0v) is 11.2. The number of rotatable bonds is 6. The Morgan fingerprint density at radius 1 is 1.28 bits per heavy atom. The maximum absolute atomic E-state index is 5.85. The maximum atomic E-state index is 5.85. The van der Waals surface area contributed by atoms with Crippen molar-refractivity contribution in [3.8, 4) is 0 Å². The molecule has 0 bridgehead atoms. The molecule has 1 unspecified atom stereocenters. The van der Waals surface area contributed by atoms with Crippen LogP contribution in [0.5, 0.6) is 0 Å². The quantitative estimate of drug-likeness (QED) is 0.824. The van der Waals surface area contributed by atoms with Gasteiger partial charge in [-0.2, -0.15) is 15.0 Å². The van der Waals surface area contributed by atoms with Crippen molar-refractivity contribution in [2.75, 3.05) is 30.3 Å². The molecule has 1 saturated heterocycles. The van der Waals surface area contributed by atoms with E-state index in [0.717, 1.165) is 32.4 Å². The van der Waals surface area contributed by atoms with Crippen LogP contribution in [-0.4, -0.2) is 40.8 Å². The average Bonchev–Trinajstić information content (AvgIpc) is 2.86. The highest BCUT2D eigenvalue weighted by molar-refractivity contribution is 6.28. The summed E-state index contributed by atoms with van der Waals surface area (Å²) in [5, 5.41) is 6.41. The lowest BCUT2D eigenvalue weighted by Crippen LogP contribution is -2.20. The number of hydrogen-bond acceptors (Lipinski definition) is 6. The standard InChI is InChI=1S/C11H18ClN5O/c1-2-5-13-10-15-9(12)16-11(17-10)14-7-8-4-3-6-18-8/h8H,2-7H2,1H3,(H2,13,14,15,16,17). The van der Waals surface area contributed by atoms with Crippen molar-refractivity contribution in [2.24, 2.45) is 0 Å². The molecule has 1 fully saturated rings. The molecular weight excluding hydrogens is 254 g/mol. The molecule has 0 aromatic carbocycles. The number of aromatic nitrogens is 3. The summed E-state index contributed by atoms with van der Waals surface area (Å²) in [6.07, 6.45) is 3.44. The van der Waals surface area contributed by atoms with Crippen LogP contribution in [0.2, 0.25) is 5.28 Å². The van der Waals surface area contributed by atoms with Gasteiger partial charge in [0.05, 0.1) is 6.10 Å². The highest BCUT2D eigenvalue weighted by Crippen LogP contribution is 2.14. The Morgan fingerprint density at radius 2 is 2.06 bits per heavy atom. The third-order valence-corrected chi connectivity index (χ3v) is 2.82. The molecule has 100 valence electrons. The smallest absolute Gasteiger partial charge is 0.228 e. The van der Waals surface area contributed by atoms with Gasteiger partial charge in [0.2, 0.25) is 17.2 Å². The number of halogens is 1. The third-order valence-electron chi connectivity index (χ3n) is 2.65. The zero-order chi connectivity index (χ0) is 12.8. The third kappa shape index (κ3) is 3.96. The first kappa shape index (κ1) is 13.3.